The molecular formula is C18H16N2OS. The Bertz CT molecular complexity index is 672. The number of amides is 1. The van der Waals surface area contributed by atoms with E-state index in [0.29, 0.717) is 17.0 Å². The quantitative estimate of drug-likeness (QED) is 0.822. The third kappa shape index (κ3) is 5.47. The molecule has 0 spiro atoms. The van der Waals surface area contributed by atoms with Gasteiger partial charge in [-0.3, -0.25) is 4.79 Å². The molecule has 0 aliphatic rings. The summed E-state index contributed by atoms with van der Waals surface area (Å²) < 4.78 is 0. The fraction of sp³-hybridized carbons (Fsp3) is 0.111. The summed E-state index contributed by atoms with van der Waals surface area (Å²) in [6.07, 6.45) is 4.10. The van der Waals surface area contributed by atoms with Gasteiger partial charge in [0.15, 0.2) is 0 Å². The Hall–Kier alpha value is -2.51. The zero-order valence-corrected chi connectivity index (χ0v) is 12.8. The Morgan fingerprint density at radius 1 is 1.14 bits per heavy atom. The topological polar surface area (TPSA) is 52.9 Å². The van der Waals surface area contributed by atoms with Crippen molar-refractivity contribution in [2.75, 3.05) is 16.8 Å². The number of nitriles is 1. The summed E-state index contributed by atoms with van der Waals surface area (Å²) in [5.41, 5.74) is 2.45. The number of carbonyl (C=O) groups excluding carboxylic acids is 1. The lowest BCUT2D eigenvalue weighted by molar-refractivity contribution is -0.113. The van der Waals surface area contributed by atoms with Crippen LogP contribution in [0.15, 0.2) is 60.7 Å². The molecule has 4 heteroatoms. The van der Waals surface area contributed by atoms with Crippen molar-refractivity contribution in [1.82, 2.24) is 0 Å². The van der Waals surface area contributed by atoms with Crippen LogP contribution in [-0.4, -0.2) is 17.4 Å². The average Bonchev–Trinajstić information content (AvgIpc) is 2.56. The number of benzene rings is 2. The van der Waals surface area contributed by atoms with Crippen molar-refractivity contribution in [1.29, 1.82) is 5.26 Å². The van der Waals surface area contributed by atoms with E-state index < -0.39 is 0 Å². The molecule has 0 aliphatic heterocycles. The van der Waals surface area contributed by atoms with Gasteiger partial charge in [0.25, 0.3) is 0 Å². The third-order valence-corrected chi connectivity index (χ3v) is 3.75. The molecule has 0 aromatic heterocycles. The van der Waals surface area contributed by atoms with Crippen molar-refractivity contribution in [3.8, 4) is 6.07 Å². The number of hydrogen-bond acceptors (Lipinski definition) is 3. The van der Waals surface area contributed by atoms with E-state index in [-0.39, 0.29) is 5.91 Å². The number of thioether (sulfide) groups is 1. The number of hydrogen-bond donors (Lipinski definition) is 1. The van der Waals surface area contributed by atoms with Crippen molar-refractivity contribution in [2.45, 2.75) is 0 Å². The van der Waals surface area contributed by atoms with Gasteiger partial charge in [0.2, 0.25) is 5.91 Å². The Morgan fingerprint density at radius 2 is 1.86 bits per heavy atom. The second-order valence-corrected chi connectivity index (χ2v) is 5.60. The zero-order chi connectivity index (χ0) is 15.6. The highest BCUT2D eigenvalue weighted by atomic mass is 32.2. The first-order valence-electron chi connectivity index (χ1n) is 6.87. The molecule has 0 bridgehead atoms. The second kappa shape index (κ2) is 8.71. The van der Waals surface area contributed by atoms with Crippen LogP contribution in [0.4, 0.5) is 5.69 Å². The molecule has 3 nitrogen and oxygen atoms in total. The van der Waals surface area contributed by atoms with Crippen molar-refractivity contribution in [3.05, 3.63) is 71.8 Å². The van der Waals surface area contributed by atoms with E-state index in [0.717, 1.165) is 11.3 Å². The Kier molecular flexibility index (Phi) is 6.28. The van der Waals surface area contributed by atoms with Gasteiger partial charge < -0.3 is 5.32 Å². The summed E-state index contributed by atoms with van der Waals surface area (Å²) in [7, 11) is 0. The maximum atomic E-state index is 11.8. The molecular weight excluding hydrogens is 292 g/mol. The fourth-order valence-electron chi connectivity index (χ4n) is 1.79. The molecule has 1 amide bonds. The summed E-state index contributed by atoms with van der Waals surface area (Å²) in [4.78, 5) is 11.8. The molecule has 2 rings (SSSR count). The number of rotatable bonds is 6. The van der Waals surface area contributed by atoms with E-state index in [4.69, 9.17) is 5.26 Å². The van der Waals surface area contributed by atoms with Crippen LogP contribution in [0.1, 0.15) is 11.1 Å². The molecule has 0 fully saturated rings. The summed E-state index contributed by atoms with van der Waals surface area (Å²) in [6.45, 7) is 0. The van der Waals surface area contributed by atoms with Gasteiger partial charge in [-0.05, 0) is 29.8 Å². The summed E-state index contributed by atoms with van der Waals surface area (Å²) in [6, 6.07) is 18.9. The van der Waals surface area contributed by atoms with E-state index in [1.54, 1.807) is 36.0 Å². The van der Waals surface area contributed by atoms with Gasteiger partial charge in [-0.2, -0.15) is 5.26 Å². The first-order valence-corrected chi connectivity index (χ1v) is 8.03. The Balaban J connectivity index is 1.69. The lowest BCUT2D eigenvalue weighted by Crippen LogP contribution is -2.14. The van der Waals surface area contributed by atoms with Crippen molar-refractivity contribution >= 4 is 29.4 Å². The molecule has 0 saturated carbocycles. The molecule has 0 saturated heterocycles. The maximum Gasteiger partial charge on any atom is 0.234 e. The van der Waals surface area contributed by atoms with Crippen molar-refractivity contribution < 1.29 is 4.79 Å². The number of nitrogens with one attached hydrogen (secondary N) is 1. The van der Waals surface area contributed by atoms with E-state index in [9.17, 15) is 4.79 Å². The van der Waals surface area contributed by atoms with Crippen molar-refractivity contribution in [3.63, 3.8) is 0 Å². The van der Waals surface area contributed by atoms with Crippen molar-refractivity contribution in [2.24, 2.45) is 0 Å². The predicted molar refractivity (Wildman–Crippen MR) is 92.6 cm³/mol. The number of anilines is 1. The van der Waals surface area contributed by atoms with Gasteiger partial charge in [-0.15, -0.1) is 11.8 Å². The molecule has 2 aromatic carbocycles. The molecule has 0 heterocycles. The zero-order valence-electron chi connectivity index (χ0n) is 12.0. The minimum atomic E-state index is -0.0391. The standard InChI is InChI=1S/C18H16N2OS/c19-13-16-8-10-17(11-9-16)20-18(21)14-22-12-4-7-15-5-2-1-3-6-15/h1-11H,12,14H2,(H,20,21)/b7-4+. The van der Waals surface area contributed by atoms with E-state index >= 15 is 0 Å². The molecule has 0 aliphatic carbocycles. The maximum absolute atomic E-state index is 11.8. The smallest absolute Gasteiger partial charge is 0.234 e. The molecule has 0 unspecified atom stereocenters. The predicted octanol–water partition coefficient (Wildman–Crippen LogP) is 3.94. The van der Waals surface area contributed by atoms with Crippen LogP contribution < -0.4 is 5.32 Å². The third-order valence-electron chi connectivity index (χ3n) is 2.85. The van der Waals surface area contributed by atoms with E-state index in [1.165, 1.54) is 0 Å². The number of nitrogens with zero attached hydrogens (tertiary/aromatic N) is 1. The van der Waals surface area contributed by atoms with Crippen LogP contribution >= 0.6 is 11.8 Å². The highest BCUT2D eigenvalue weighted by Gasteiger charge is 2.01. The second-order valence-electron chi connectivity index (χ2n) is 4.57. The number of carbonyl (C=O) groups is 1. The van der Waals surface area contributed by atoms with Crippen LogP contribution in [-0.2, 0) is 4.79 Å². The SMILES string of the molecule is N#Cc1ccc(NC(=O)CSC/C=C/c2ccccc2)cc1. The average molecular weight is 308 g/mol. The Labute approximate surface area is 134 Å². The molecule has 22 heavy (non-hydrogen) atoms. The molecule has 1 N–H and O–H groups in total. The molecule has 0 atom stereocenters. The summed E-state index contributed by atoms with van der Waals surface area (Å²) >= 11 is 1.56. The van der Waals surface area contributed by atoms with Gasteiger partial charge >= 0.3 is 0 Å². The van der Waals surface area contributed by atoms with Gasteiger partial charge in [0.05, 0.1) is 17.4 Å². The Morgan fingerprint density at radius 3 is 2.55 bits per heavy atom. The first-order chi connectivity index (χ1) is 10.8. The minimum absolute atomic E-state index is 0.0391. The largest absolute Gasteiger partial charge is 0.325 e. The van der Waals surface area contributed by atoms with Crippen LogP contribution in [0.5, 0.6) is 0 Å². The normalized spacial score (nSPS) is 10.3. The van der Waals surface area contributed by atoms with Gasteiger partial charge in [0.1, 0.15) is 0 Å². The fourth-order valence-corrected chi connectivity index (χ4v) is 2.40. The molecule has 2 aromatic rings. The van der Waals surface area contributed by atoms with Gasteiger partial charge in [-0.1, -0.05) is 42.5 Å². The van der Waals surface area contributed by atoms with Crippen LogP contribution in [0.25, 0.3) is 6.08 Å². The first kappa shape index (κ1) is 15.9. The molecule has 0 radical (unpaired) electrons. The van der Waals surface area contributed by atoms with Crippen LogP contribution in [0, 0.1) is 11.3 Å². The highest BCUT2D eigenvalue weighted by Crippen LogP contribution is 2.10. The summed E-state index contributed by atoms with van der Waals surface area (Å²) in [5, 5.41) is 11.5. The van der Waals surface area contributed by atoms with Gasteiger partial charge in [-0.25, -0.2) is 0 Å². The highest BCUT2D eigenvalue weighted by molar-refractivity contribution is 8.00. The minimum Gasteiger partial charge on any atom is -0.325 e. The van der Waals surface area contributed by atoms with Crippen LogP contribution in [0.2, 0.25) is 0 Å². The van der Waals surface area contributed by atoms with E-state index in [2.05, 4.69) is 11.4 Å². The summed E-state index contributed by atoms with van der Waals surface area (Å²) in [5.74, 6) is 1.15. The lowest BCUT2D eigenvalue weighted by Gasteiger charge is -2.04. The van der Waals surface area contributed by atoms with E-state index in [1.807, 2.05) is 42.5 Å². The monoisotopic (exact) mass is 308 g/mol. The van der Waals surface area contributed by atoms with Gasteiger partial charge in [0, 0.05) is 11.4 Å². The lowest BCUT2D eigenvalue weighted by atomic mass is 10.2. The molecule has 110 valence electrons. The van der Waals surface area contributed by atoms with Crippen LogP contribution in [0.3, 0.4) is 0 Å².